The number of halogens is 3. The van der Waals surface area contributed by atoms with Crippen LogP contribution < -0.4 is 5.32 Å². The first-order valence-electron chi connectivity index (χ1n) is 10.6. The standard InChI is InChI=1S/C25H24F3N3O/c26-20-9-3-6-17(14-20)25(32)30-24(22-11-1-2-12-29-22)19-8-5-13-31(16-19)15-18-7-4-10-21(27)23(18)28/h1-4,6-7,9-12,14,19,24H,5,8,13,15-16H2,(H,30,32)/t19-,24-/m1/s1. The van der Waals surface area contributed by atoms with Gasteiger partial charge < -0.3 is 5.32 Å². The maximum Gasteiger partial charge on any atom is 0.251 e. The average Bonchev–Trinajstić information content (AvgIpc) is 2.81. The van der Waals surface area contributed by atoms with E-state index in [2.05, 4.69) is 15.2 Å². The van der Waals surface area contributed by atoms with Gasteiger partial charge in [0.05, 0.1) is 11.7 Å². The van der Waals surface area contributed by atoms with Crippen LogP contribution in [0.4, 0.5) is 13.2 Å². The van der Waals surface area contributed by atoms with Gasteiger partial charge in [-0.3, -0.25) is 14.7 Å². The number of amides is 1. The Labute approximate surface area is 185 Å². The number of benzene rings is 2. The largest absolute Gasteiger partial charge is 0.343 e. The molecule has 2 aromatic carbocycles. The number of carbonyl (C=O) groups is 1. The molecule has 32 heavy (non-hydrogen) atoms. The number of hydrogen-bond acceptors (Lipinski definition) is 3. The summed E-state index contributed by atoms with van der Waals surface area (Å²) in [5.41, 5.74) is 1.25. The van der Waals surface area contributed by atoms with E-state index in [1.807, 2.05) is 12.1 Å². The van der Waals surface area contributed by atoms with Crippen LogP contribution in [0.2, 0.25) is 0 Å². The molecule has 1 amide bonds. The van der Waals surface area contributed by atoms with Gasteiger partial charge in [0.25, 0.3) is 5.91 Å². The van der Waals surface area contributed by atoms with Gasteiger partial charge in [-0.15, -0.1) is 0 Å². The Hall–Kier alpha value is -3.19. The number of carbonyl (C=O) groups excluding carboxylic acids is 1. The number of likely N-dealkylation sites (tertiary alicyclic amines) is 1. The van der Waals surface area contributed by atoms with Gasteiger partial charge in [-0.25, -0.2) is 13.2 Å². The topological polar surface area (TPSA) is 45.2 Å². The van der Waals surface area contributed by atoms with Crippen molar-refractivity contribution in [3.63, 3.8) is 0 Å². The first-order chi connectivity index (χ1) is 15.5. The summed E-state index contributed by atoms with van der Waals surface area (Å²) in [6, 6.07) is 14.9. The summed E-state index contributed by atoms with van der Waals surface area (Å²) in [6.07, 6.45) is 3.35. The van der Waals surface area contributed by atoms with Gasteiger partial charge in [-0.05, 0) is 61.7 Å². The number of nitrogens with one attached hydrogen (secondary N) is 1. The summed E-state index contributed by atoms with van der Waals surface area (Å²) in [6.45, 7) is 1.62. The van der Waals surface area contributed by atoms with Crippen molar-refractivity contribution in [1.29, 1.82) is 0 Å². The molecular weight excluding hydrogens is 415 g/mol. The molecule has 4 nitrogen and oxygen atoms in total. The molecule has 0 unspecified atom stereocenters. The van der Waals surface area contributed by atoms with Crippen molar-refractivity contribution in [2.45, 2.75) is 25.4 Å². The van der Waals surface area contributed by atoms with E-state index in [4.69, 9.17) is 0 Å². The molecular formula is C25H24F3N3O. The molecule has 2 atom stereocenters. The fraction of sp³-hybridized carbons (Fsp3) is 0.280. The lowest BCUT2D eigenvalue weighted by Gasteiger charge is -2.37. The minimum absolute atomic E-state index is 0.00720. The third-order valence-corrected chi connectivity index (χ3v) is 5.82. The van der Waals surface area contributed by atoms with Crippen LogP contribution in [0, 0.1) is 23.4 Å². The number of rotatable bonds is 6. The van der Waals surface area contributed by atoms with Gasteiger partial charge in [0.1, 0.15) is 5.82 Å². The molecule has 3 aromatic rings. The molecule has 1 fully saturated rings. The lowest BCUT2D eigenvalue weighted by molar-refractivity contribution is 0.0873. The van der Waals surface area contributed by atoms with E-state index in [0.29, 0.717) is 17.8 Å². The molecule has 0 radical (unpaired) electrons. The fourth-order valence-corrected chi connectivity index (χ4v) is 4.27. The predicted octanol–water partition coefficient (Wildman–Crippen LogP) is 4.88. The van der Waals surface area contributed by atoms with Crippen molar-refractivity contribution in [3.05, 3.63) is 101 Å². The van der Waals surface area contributed by atoms with E-state index < -0.39 is 23.5 Å². The fourth-order valence-electron chi connectivity index (χ4n) is 4.27. The number of pyridine rings is 1. The molecule has 1 aromatic heterocycles. The zero-order valence-electron chi connectivity index (χ0n) is 17.5. The van der Waals surface area contributed by atoms with Crippen LogP contribution in [0.3, 0.4) is 0 Å². The highest BCUT2D eigenvalue weighted by Crippen LogP contribution is 2.30. The Kier molecular flexibility index (Phi) is 6.85. The molecule has 2 heterocycles. The van der Waals surface area contributed by atoms with Crippen molar-refractivity contribution in [2.75, 3.05) is 13.1 Å². The first-order valence-corrected chi connectivity index (χ1v) is 10.6. The number of piperidine rings is 1. The zero-order chi connectivity index (χ0) is 22.5. The lowest BCUT2D eigenvalue weighted by Crippen LogP contribution is -2.43. The van der Waals surface area contributed by atoms with Crippen molar-refractivity contribution < 1.29 is 18.0 Å². The van der Waals surface area contributed by atoms with Gasteiger partial charge in [0.15, 0.2) is 11.6 Å². The maximum absolute atomic E-state index is 14.2. The Balaban J connectivity index is 1.54. The summed E-state index contributed by atoms with van der Waals surface area (Å²) in [4.78, 5) is 19.4. The second-order valence-electron chi connectivity index (χ2n) is 8.07. The van der Waals surface area contributed by atoms with Crippen molar-refractivity contribution in [3.8, 4) is 0 Å². The molecule has 166 valence electrons. The minimum atomic E-state index is -0.857. The Morgan fingerprint density at radius 1 is 1.09 bits per heavy atom. The molecule has 0 spiro atoms. The van der Waals surface area contributed by atoms with Crippen molar-refractivity contribution >= 4 is 5.91 Å². The van der Waals surface area contributed by atoms with Gasteiger partial charge in [-0.1, -0.05) is 24.3 Å². The Morgan fingerprint density at radius 2 is 1.94 bits per heavy atom. The highest BCUT2D eigenvalue weighted by molar-refractivity contribution is 5.94. The van der Waals surface area contributed by atoms with Crippen LogP contribution in [0.5, 0.6) is 0 Å². The van der Waals surface area contributed by atoms with Crippen LogP contribution in [0.15, 0.2) is 66.9 Å². The molecule has 4 rings (SSSR count). The van der Waals surface area contributed by atoms with Gasteiger partial charge in [0.2, 0.25) is 0 Å². The third-order valence-electron chi connectivity index (χ3n) is 5.82. The lowest BCUT2D eigenvalue weighted by atomic mass is 9.88. The molecule has 0 aliphatic carbocycles. The summed E-state index contributed by atoms with van der Waals surface area (Å²) >= 11 is 0. The third kappa shape index (κ3) is 5.16. The second-order valence-corrected chi connectivity index (χ2v) is 8.07. The van der Waals surface area contributed by atoms with E-state index in [0.717, 1.165) is 25.5 Å². The first kappa shape index (κ1) is 22.0. The highest BCUT2D eigenvalue weighted by Gasteiger charge is 2.31. The number of nitrogens with zero attached hydrogens (tertiary/aromatic N) is 2. The Bertz CT molecular complexity index is 1080. The second kappa shape index (κ2) is 9.96. The SMILES string of the molecule is O=C(N[C@@H](c1ccccn1)[C@@H]1CCCN(Cc2cccc(F)c2F)C1)c1cccc(F)c1. The van der Waals surface area contributed by atoms with Gasteiger partial charge in [0, 0.05) is 30.4 Å². The molecule has 7 heteroatoms. The number of hydrogen-bond donors (Lipinski definition) is 1. The van der Waals surface area contributed by atoms with Crippen LogP contribution in [-0.2, 0) is 6.54 Å². The van der Waals surface area contributed by atoms with E-state index in [-0.39, 0.29) is 23.9 Å². The van der Waals surface area contributed by atoms with E-state index in [1.54, 1.807) is 24.4 Å². The van der Waals surface area contributed by atoms with Crippen LogP contribution in [0.25, 0.3) is 0 Å². The van der Waals surface area contributed by atoms with Gasteiger partial charge >= 0.3 is 0 Å². The molecule has 1 N–H and O–H groups in total. The number of aromatic nitrogens is 1. The smallest absolute Gasteiger partial charge is 0.251 e. The molecule has 1 saturated heterocycles. The summed E-state index contributed by atoms with van der Waals surface area (Å²) in [5.74, 6) is -2.53. The van der Waals surface area contributed by atoms with Crippen molar-refractivity contribution in [1.82, 2.24) is 15.2 Å². The molecule has 1 aliphatic heterocycles. The zero-order valence-corrected chi connectivity index (χ0v) is 17.5. The highest BCUT2D eigenvalue weighted by atomic mass is 19.2. The van der Waals surface area contributed by atoms with Crippen LogP contribution in [0.1, 0.15) is 40.5 Å². The Morgan fingerprint density at radius 3 is 2.72 bits per heavy atom. The van der Waals surface area contributed by atoms with Crippen LogP contribution in [-0.4, -0.2) is 28.9 Å². The maximum atomic E-state index is 14.2. The molecule has 0 saturated carbocycles. The normalized spacial score (nSPS) is 17.7. The monoisotopic (exact) mass is 439 g/mol. The van der Waals surface area contributed by atoms with E-state index >= 15 is 0 Å². The average molecular weight is 439 g/mol. The van der Waals surface area contributed by atoms with Crippen LogP contribution >= 0.6 is 0 Å². The van der Waals surface area contributed by atoms with E-state index in [1.165, 1.54) is 24.3 Å². The molecule has 1 aliphatic rings. The van der Waals surface area contributed by atoms with Crippen molar-refractivity contribution in [2.24, 2.45) is 5.92 Å². The molecule has 0 bridgehead atoms. The minimum Gasteiger partial charge on any atom is -0.343 e. The summed E-state index contributed by atoms with van der Waals surface area (Å²) in [5, 5.41) is 3.02. The predicted molar refractivity (Wildman–Crippen MR) is 115 cm³/mol. The van der Waals surface area contributed by atoms with E-state index in [9.17, 15) is 18.0 Å². The summed E-state index contributed by atoms with van der Waals surface area (Å²) in [7, 11) is 0. The quantitative estimate of drug-likeness (QED) is 0.595. The van der Waals surface area contributed by atoms with Gasteiger partial charge in [-0.2, -0.15) is 0 Å². The summed E-state index contributed by atoms with van der Waals surface area (Å²) < 4.78 is 41.4.